The molecule has 1 unspecified atom stereocenters. The highest BCUT2D eigenvalue weighted by Crippen LogP contribution is 2.14. The number of aryl methyl sites for hydroxylation is 1. The first-order chi connectivity index (χ1) is 9.77. The summed E-state index contributed by atoms with van der Waals surface area (Å²) in [6.07, 6.45) is 6.10. The van der Waals surface area contributed by atoms with Crippen LogP contribution in [0.5, 0.6) is 0 Å². The molecular formula is C18H31NO. The lowest BCUT2D eigenvalue weighted by Crippen LogP contribution is -2.23. The van der Waals surface area contributed by atoms with Gasteiger partial charge in [-0.05, 0) is 37.3 Å². The third kappa shape index (κ3) is 7.06. The number of hydrogen-bond acceptors (Lipinski definition) is 2. The van der Waals surface area contributed by atoms with Crippen molar-refractivity contribution >= 4 is 0 Å². The van der Waals surface area contributed by atoms with Gasteiger partial charge in [-0.2, -0.15) is 0 Å². The zero-order valence-electron chi connectivity index (χ0n) is 13.5. The lowest BCUT2D eigenvalue weighted by Gasteiger charge is -2.15. The summed E-state index contributed by atoms with van der Waals surface area (Å²) in [6, 6.07) is 9.42. The zero-order chi connectivity index (χ0) is 14.6. The van der Waals surface area contributed by atoms with Crippen molar-refractivity contribution in [2.45, 2.75) is 58.9 Å². The van der Waals surface area contributed by atoms with Gasteiger partial charge < -0.3 is 10.1 Å². The molecule has 114 valence electrons. The van der Waals surface area contributed by atoms with Crippen LogP contribution in [0.2, 0.25) is 0 Å². The monoisotopic (exact) mass is 277 g/mol. The van der Waals surface area contributed by atoms with E-state index >= 15 is 0 Å². The number of nitrogens with one attached hydrogen (secondary N) is 1. The normalized spacial score (nSPS) is 12.6. The number of rotatable bonds is 11. The minimum absolute atomic E-state index is 0.394. The van der Waals surface area contributed by atoms with Gasteiger partial charge in [0.25, 0.3) is 0 Å². The van der Waals surface area contributed by atoms with E-state index < -0.39 is 0 Å². The summed E-state index contributed by atoms with van der Waals surface area (Å²) < 4.78 is 5.56. The van der Waals surface area contributed by atoms with E-state index in [1.54, 1.807) is 0 Å². The van der Waals surface area contributed by atoms with Gasteiger partial charge in [-0.1, -0.05) is 51.0 Å². The predicted octanol–water partition coefficient (Wildman–Crippen LogP) is 4.50. The lowest BCUT2D eigenvalue weighted by atomic mass is 10.0. The molecule has 0 fully saturated rings. The average molecular weight is 277 g/mol. The van der Waals surface area contributed by atoms with Crippen molar-refractivity contribution < 1.29 is 4.74 Å². The zero-order valence-corrected chi connectivity index (χ0v) is 13.5. The number of benzene rings is 1. The third-order valence-corrected chi connectivity index (χ3v) is 3.64. The molecule has 1 N–H and O–H groups in total. The molecule has 0 amide bonds. The summed E-state index contributed by atoms with van der Waals surface area (Å²) >= 11 is 0. The molecule has 1 atom stereocenters. The smallest absolute Gasteiger partial charge is 0.0591 e. The fourth-order valence-electron chi connectivity index (χ4n) is 2.17. The second-order valence-electron chi connectivity index (χ2n) is 5.49. The first-order valence-electron chi connectivity index (χ1n) is 8.17. The van der Waals surface area contributed by atoms with Gasteiger partial charge in [0.1, 0.15) is 0 Å². The predicted molar refractivity (Wildman–Crippen MR) is 87.2 cm³/mol. The van der Waals surface area contributed by atoms with Gasteiger partial charge in [0, 0.05) is 19.2 Å². The fraction of sp³-hybridized carbons (Fsp3) is 0.667. The standard InChI is InChI=1S/C18H31NO/c1-4-6-8-17-9-11-18(12-10-17)16(3)19-13-15-20-14-7-5-2/h9-12,16,19H,4-8,13-15H2,1-3H3. The highest BCUT2D eigenvalue weighted by atomic mass is 16.5. The van der Waals surface area contributed by atoms with Crippen LogP contribution in [-0.4, -0.2) is 19.8 Å². The Hall–Kier alpha value is -0.860. The minimum atomic E-state index is 0.394. The molecule has 0 bridgehead atoms. The molecule has 2 heteroatoms. The fourth-order valence-corrected chi connectivity index (χ4v) is 2.17. The maximum Gasteiger partial charge on any atom is 0.0591 e. The molecule has 0 saturated carbocycles. The van der Waals surface area contributed by atoms with Crippen LogP contribution in [0.1, 0.15) is 63.6 Å². The first-order valence-corrected chi connectivity index (χ1v) is 8.17. The van der Waals surface area contributed by atoms with Crippen molar-refractivity contribution in [1.29, 1.82) is 0 Å². The summed E-state index contributed by atoms with van der Waals surface area (Å²) in [7, 11) is 0. The van der Waals surface area contributed by atoms with Crippen molar-refractivity contribution in [3.8, 4) is 0 Å². The molecule has 0 spiro atoms. The maximum atomic E-state index is 5.56. The molecule has 0 aromatic heterocycles. The van der Waals surface area contributed by atoms with Gasteiger partial charge in [0.15, 0.2) is 0 Å². The van der Waals surface area contributed by atoms with Crippen LogP contribution in [0.3, 0.4) is 0 Å². The van der Waals surface area contributed by atoms with Crippen LogP contribution in [-0.2, 0) is 11.2 Å². The summed E-state index contributed by atoms with van der Waals surface area (Å²) in [5, 5.41) is 3.51. The maximum absolute atomic E-state index is 5.56. The summed E-state index contributed by atoms with van der Waals surface area (Å²) in [5.74, 6) is 0. The molecule has 2 nitrogen and oxygen atoms in total. The molecule has 1 aromatic rings. The van der Waals surface area contributed by atoms with Gasteiger partial charge in [-0.15, -0.1) is 0 Å². The van der Waals surface area contributed by atoms with Crippen molar-refractivity contribution in [2.24, 2.45) is 0 Å². The Labute approximate surface area is 124 Å². The summed E-state index contributed by atoms with van der Waals surface area (Å²) in [4.78, 5) is 0. The Morgan fingerprint density at radius 1 is 1.00 bits per heavy atom. The van der Waals surface area contributed by atoms with Crippen LogP contribution >= 0.6 is 0 Å². The number of ether oxygens (including phenoxy) is 1. The first kappa shape index (κ1) is 17.2. The van der Waals surface area contributed by atoms with E-state index in [9.17, 15) is 0 Å². The van der Waals surface area contributed by atoms with Crippen molar-refractivity contribution in [1.82, 2.24) is 5.32 Å². The second-order valence-corrected chi connectivity index (χ2v) is 5.49. The molecule has 1 aromatic carbocycles. The molecule has 0 radical (unpaired) electrons. The quantitative estimate of drug-likeness (QED) is 0.601. The van der Waals surface area contributed by atoms with E-state index in [0.717, 1.165) is 26.2 Å². The topological polar surface area (TPSA) is 21.3 Å². The van der Waals surface area contributed by atoms with E-state index in [2.05, 4.69) is 50.4 Å². The van der Waals surface area contributed by atoms with Crippen molar-refractivity contribution in [3.05, 3.63) is 35.4 Å². The van der Waals surface area contributed by atoms with Crippen molar-refractivity contribution in [2.75, 3.05) is 19.8 Å². The van der Waals surface area contributed by atoms with Crippen LogP contribution in [0.15, 0.2) is 24.3 Å². The van der Waals surface area contributed by atoms with Gasteiger partial charge in [0.05, 0.1) is 6.61 Å². The summed E-state index contributed by atoms with van der Waals surface area (Å²) in [6.45, 7) is 9.25. The highest BCUT2D eigenvalue weighted by molar-refractivity contribution is 5.24. The van der Waals surface area contributed by atoms with Crippen molar-refractivity contribution in [3.63, 3.8) is 0 Å². The second kappa shape index (κ2) is 10.9. The summed E-state index contributed by atoms with van der Waals surface area (Å²) in [5.41, 5.74) is 2.81. The molecule has 0 aliphatic rings. The number of hydrogen-bond donors (Lipinski definition) is 1. The van der Waals surface area contributed by atoms with E-state index in [4.69, 9.17) is 4.74 Å². The molecule has 20 heavy (non-hydrogen) atoms. The van der Waals surface area contributed by atoms with Crippen LogP contribution in [0.25, 0.3) is 0 Å². The Morgan fingerprint density at radius 3 is 2.35 bits per heavy atom. The minimum Gasteiger partial charge on any atom is -0.380 e. The van der Waals surface area contributed by atoms with E-state index in [0.29, 0.717) is 6.04 Å². The number of unbranched alkanes of at least 4 members (excludes halogenated alkanes) is 2. The Balaban J connectivity index is 2.23. The van der Waals surface area contributed by atoms with Gasteiger partial charge in [-0.3, -0.25) is 0 Å². The van der Waals surface area contributed by atoms with E-state index in [1.807, 2.05) is 0 Å². The largest absolute Gasteiger partial charge is 0.380 e. The van der Waals surface area contributed by atoms with Crippen LogP contribution in [0, 0.1) is 0 Å². The molecule has 1 rings (SSSR count). The molecule has 0 aliphatic carbocycles. The van der Waals surface area contributed by atoms with Gasteiger partial charge in [-0.25, -0.2) is 0 Å². The molecular weight excluding hydrogens is 246 g/mol. The Kier molecular flexibility index (Phi) is 9.35. The third-order valence-electron chi connectivity index (χ3n) is 3.64. The van der Waals surface area contributed by atoms with Gasteiger partial charge in [0.2, 0.25) is 0 Å². The average Bonchev–Trinajstić information content (AvgIpc) is 2.49. The van der Waals surface area contributed by atoms with E-state index in [1.165, 1.54) is 36.8 Å². The molecule has 0 saturated heterocycles. The molecule has 0 heterocycles. The van der Waals surface area contributed by atoms with Crippen LogP contribution < -0.4 is 5.32 Å². The van der Waals surface area contributed by atoms with Gasteiger partial charge >= 0.3 is 0 Å². The highest BCUT2D eigenvalue weighted by Gasteiger charge is 2.04. The van der Waals surface area contributed by atoms with Crippen LogP contribution in [0.4, 0.5) is 0 Å². The molecule has 0 aliphatic heterocycles. The SMILES string of the molecule is CCCCOCCNC(C)c1ccc(CCCC)cc1. The lowest BCUT2D eigenvalue weighted by molar-refractivity contribution is 0.131. The van der Waals surface area contributed by atoms with E-state index in [-0.39, 0.29) is 0 Å². The Bertz CT molecular complexity index is 334. The Morgan fingerprint density at radius 2 is 1.70 bits per heavy atom.